The van der Waals surface area contributed by atoms with Gasteiger partial charge >= 0.3 is 0 Å². The van der Waals surface area contributed by atoms with Crippen molar-refractivity contribution in [2.24, 2.45) is 0 Å². The van der Waals surface area contributed by atoms with Crippen molar-refractivity contribution in [2.45, 2.75) is 55.5 Å². The van der Waals surface area contributed by atoms with Crippen LogP contribution in [-0.4, -0.2) is 24.7 Å². The zero-order chi connectivity index (χ0) is 21.2. The van der Waals surface area contributed by atoms with Gasteiger partial charge in [0.15, 0.2) is 5.16 Å². The van der Waals surface area contributed by atoms with Gasteiger partial charge in [-0.25, -0.2) is 4.98 Å². The standard InChI is InChI=1S/C22H22ClN5OS2/c23-14-8-9-18-17(11-14)21(29)25-19(24-18)13-31-22-27-26-20(12-16-7-4-10-30-16)28(22)15-5-2-1-3-6-15/h4,7-11,15H,1-3,5-6,12-13H2,(H,24,25,29). The van der Waals surface area contributed by atoms with Crippen LogP contribution in [0.25, 0.3) is 10.9 Å². The lowest BCUT2D eigenvalue weighted by molar-refractivity contribution is 0.330. The molecule has 0 spiro atoms. The Labute approximate surface area is 193 Å². The van der Waals surface area contributed by atoms with Gasteiger partial charge in [0.2, 0.25) is 0 Å². The SMILES string of the molecule is O=c1[nH]c(CSc2nnc(Cc3cccs3)n2C2CCCCC2)nc2ccc(Cl)cc12. The quantitative estimate of drug-likeness (QED) is 0.369. The van der Waals surface area contributed by atoms with Gasteiger partial charge in [0.05, 0.1) is 16.7 Å². The van der Waals surface area contributed by atoms with Crippen molar-refractivity contribution < 1.29 is 0 Å². The number of H-pyrrole nitrogens is 1. The summed E-state index contributed by atoms with van der Waals surface area (Å²) in [7, 11) is 0. The van der Waals surface area contributed by atoms with Crippen LogP contribution in [0.2, 0.25) is 5.02 Å². The number of hydrogen-bond acceptors (Lipinski definition) is 6. The maximum Gasteiger partial charge on any atom is 0.258 e. The zero-order valence-corrected chi connectivity index (χ0v) is 19.3. The van der Waals surface area contributed by atoms with E-state index in [0.29, 0.717) is 33.5 Å². The third-order valence-electron chi connectivity index (χ3n) is 5.64. The fourth-order valence-electron chi connectivity index (χ4n) is 4.16. The van der Waals surface area contributed by atoms with Crippen molar-refractivity contribution in [1.82, 2.24) is 24.7 Å². The molecule has 0 unspecified atom stereocenters. The number of thioether (sulfide) groups is 1. The minimum absolute atomic E-state index is 0.171. The molecule has 1 aliphatic carbocycles. The molecule has 0 amide bonds. The summed E-state index contributed by atoms with van der Waals surface area (Å²) >= 11 is 9.34. The molecule has 31 heavy (non-hydrogen) atoms. The predicted molar refractivity (Wildman–Crippen MR) is 126 cm³/mol. The Bertz CT molecular complexity index is 1240. The second-order valence-electron chi connectivity index (χ2n) is 7.78. The number of benzene rings is 1. The van der Waals surface area contributed by atoms with E-state index in [1.807, 2.05) is 0 Å². The Morgan fingerprint density at radius 3 is 2.87 bits per heavy atom. The van der Waals surface area contributed by atoms with Crippen LogP contribution in [0.15, 0.2) is 45.7 Å². The molecule has 1 fully saturated rings. The van der Waals surface area contributed by atoms with Gasteiger partial charge in [-0.2, -0.15) is 0 Å². The molecule has 1 aromatic carbocycles. The molecule has 6 nitrogen and oxygen atoms in total. The van der Waals surface area contributed by atoms with E-state index in [1.165, 1.54) is 24.1 Å². The van der Waals surface area contributed by atoms with E-state index in [-0.39, 0.29) is 5.56 Å². The van der Waals surface area contributed by atoms with Gasteiger partial charge in [0.25, 0.3) is 5.56 Å². The molecule has 4 aromatic rings. The minimum atomic E-state index is -0.171. The monoisotopic (exact) mass is 471 g/mol. The van der Waals surface area contributed by atoms with Gasteiger partial charge in [-0.05, 0) is 42.5 Å². The summed E-state index contributed by atoms with van der Waals surface area (Å²) in [4.78, 5) is 21.3. The molecule has 0 saturated heterocycles. The van der Waals surface area contributed by atoms with Gasteiger partial charge in [-0.15, -0.1) is 21.5 Å². The van der Waals surface area contributed by atoms with Crippen molar-refractivity contribution in [3.63, 3.8) is 0 Å². The average Bonchev–Trinajstić information content (AvgIpc) is 3.44. The summed E-state index contributed by atoms with van der Waals surface area (Å²) in [6.45, 7) is 0. The molecule has 0 atom stereocenters. The molecule has 1 saturated carbocycles. The molecule has 160 valence electrons. The predicted octanol–water partition coefficient (Wildman–Crippen LogP) is 5.62. The highest BCUT2D eigenvalue weighted by molar-refractivity contribution is 7.98. The van der Waals surface area contributed by atoms with Gasteiger partial charge in [0.1, 0.15) is 11.6 Å². The Morgan fingerprint density at radius 2 is 2.06 bits per heavy atom. The number of thiophene rings is 1. The molecular formula is C22H22ClN5OS2. The number of fused-ring (bicyclic) bond motifs is 1. The third-order valence-corrected chi connectivity index (χ3v) is 7.71. The van der Waals surface area contributed by atoms with Crippen LogP contribution in [-0.2, 0) is 12.2 Å². The van der Waals surface area contributed by atoms with Crippen LogP contribution in [0.1, 0.15) is 54.7 Å². The largest absolute Gasteiger partial charge is 0.309 e. The lowest BCUT2D eigenvalue weighted by atomic mass is 9.95. The van der Waals surface area contributed by atoms with E-state index in [4.69, 9.17) is 11.6 Å². The Morgan fingerprint density at radius 1 is 1.19 bits per heavy atom. The Kier molecular flexibility index (Phi) is 6.11. The lowest BCUT2D eigenvalue weighted by Gasteiger charge is -2.25. The molecule has 1 aliphatic rings. The van der Waals surface area contributed by atoms with Crippen molar-refractivity contribution in [3.8, 4) is 0 Å². The van der Waals surface area contributed by atoms with Gasteiger partial charge in [-0.3, -0.25) is 4.79 Å². The first-order chi connectivity index (χ1) is 15.2. The van der Waals surface area contributed by atoms with Crippen LogP contribution in [0.3, 0.4) is 0 Å². The van der Waals surface area contributed by atoms with Crippen molar-refractivity contribution in [3.05, 3.63) is 67.6 Å². The number of nitrogens with one attached hydrogen (secondary N) is 1. The van der Waals surface area contributed by atoms with Crippen molar-refractivity contribution >= 4 is 45.6 Å². The van der Waals surface area contributed by atoms with E-state index in [2.05, 4.69) is 42.2 Å². The maximum atomic E-state index is 12.5. The summed E-state index contributed by atoms with van der Waals surface area (Å²) in [6, 6.07) is 9.84. The molecule has 0 bridgehead atoms. The first kappa shape index (κ1) is 20.7. The first-order valence-electron chi connectivity index (χ1n) is 10.4. The number of aromatic amines is 1. The molecule has 0 radical (unpaired) electrons. The number of aromatic nitrogens is 5. The molecule has 1 N–H and O–H groups in total. The fourth-order valence-corrected chi connectivity index (χ4v) is 5.93. The van der Waals surface area contributed by atoms with Gasteiger partial charge < -0.3 is 9.55 Å². The van der Waals surface area contributed by atoms with Crippen LogP contribution in [0.4, 0.5) is 0 Å². The highest BCUT2D eigenvalue weighted by Crippen LogP contribution is 2.34. The highest BCUT2D eigenvalue weighted by atomic mass is 35.5. The van der Waals surface area contributed by atoms with E-state index in [1.54, 1.807) is 41.3 Å². The average molecular weight is 472 g/mol. The number of halogens is 1. The summed E-state index contributed by atoms with van der Waals surface area (Å²) in [5, 5.41) is 13.1. The second-order valence-corrected chi connectivity index (χ2v) is 10.2. The molecule has 5 rings (SSSR count). The van der Waals surface area contributed by atoms with Crippen LogP contribution in [0, 0.1) is 0 Å². The summed E-state index contributed by atoms with van der Waals surface area (Å²) in [6.07, 6.45) is 6.91. The molecular weight excluding hydrogens is 450 g/mol. The summed E-state index contributed by atoms with van der Waals surface area (Å²) < 4.78 is 2.34. The number of nitrogens with zero attached hydrogens (tertiary/aromatic N) is 4. The number of rotatable bonds is 6. The third kappa shape index (κ3) is 4.56. The summed E-state index contributed by atoms with van der Waals surface area (Å²) in [5.74, 6) is 2.17. The van der Waals surface area contributed by atoms with Crippen LogP contribution in [0.5, 0.6) is 0 Å². The molecule has 3 aromatic heterocycles. The molecule has 3 heterocycles. The van der Waals surface area contributed by atoms with Crippen molar-refractivity contribution in [1.29, 1.82) is 0 Å². The van der Waals surface area contributed by atoms with Crippen molar-refractivity contribution in [2.75, 3.05) is 0 Å². The molecule has 9 heteroatoms. The van der Waals surface area contributed by atoms with Crippen LogP contribution < -0.4 is 5.56 Å². The maximum absolute atomic E-state index is 12.5. The number of hydrogen-bond donors (Lipinski definition) is 1. The zero-order valence-electron chi connectivity index (χ0n) is 16.9. The first-order valence-corrected chi connectivity index (χ1v) is 12.7. The second kappa shape index (κ2) is 9.14. The lowest BCUT2D eigenvalue weighted by Crippen LogP contribution is -2.17. The smallest absolute Gasteiger partial charge is 0.258 e. The van der Waals surface area contributed by atoms with E-state index >= 15 is 0 Å². The fraction of sp³-hybridized carbons (Fsp3) is 0.364. The Balaban J connectivity index is 1.42. The van der Waals surface area contributed by atoms with Gasteiger partial charge in [0, 0.05) is 22.4 Å². The highest BCUT2D eigenvalue weighted by Gasteiger charge is 2.23. The Hall–Kier alpha value is -2.16. The topological polar surface area (TPSA) is 76.5 Å². The normalized spacial score (nSPS) is 15.0. The van der Waals surface area contributed by atoms with E-state index in [0.717, 1.165) is 30.2 Å². The minimum Gasteiger partial charge on any atom is -0.309 e. The summed E-state index contributed by atoms with van der Waals surface area (Å²) in [5.41, 5.74) is 0.478. The molecule has 0 aliphatic heterocycles. The van der Waals surface area contributed by atoms with Gasteiger partial charge in [-0.1, -0.05) is 48.7 Å². The van der Waals surface area contributed by atoms with E-state index < -0.39 is 0 Å². The van der Waals surface area contributed by atoms with Crippen LogP contribution >= 0.6 is 34.7 Å². The van der Waals surface area contributed by atoms with E-state index in [9.17, 15) is 4.79 Å².